The Kier molecular flexibility index (Phi) is 9.67. The number of ether oxygens (including phenoxy) is 2. The highest BCUT2D eigenvalue weighted by Crippen LogP contribution is 2.11. The molecule has 0 saturated heterocycles. The van der Waals surface area contributed by atoms with Gasteiger partial charge in [-0.25, -0.2) is 0 Å². The third-order valence-electron chi connectivity index (χ3n) is 2.08. The number of rotatable bonds is 6. The molecule has 83 valence electrons. The van der Waals surface area contributed by atoms with Crippen molar-refractivity contribution in [2.45, 2.75) is 26.3 Å². The number of hydrogen-bond donors (Lipinski definition) is 0. The Morgan fingerprint density at radius 3 is 1.50 bits per heavy atom. The van der Waals surface area contributed by atoms with Gasteiger partial charge in [0.25, 0.3) is 0 Å². The van der Waals surface area contributed by atoms with Gasteiger partial charge in [0.05, 0.1) is 13.2 Å². The zero-order valence-electron chi connectivity index (χ0n) is 10.2. The van der Waals surface area contributed by atoms with Crippen molar-refractivity contribution in [2.75, 3.05) is 40.5 Å². The van der Waals surface area contributed by atoms with E-state index in [1.54, 1.807) is 14.2 Å². The van der Waals surface area contributed by atoms with Gasteiger partial charge in [-0.15, -0.1) is 0 Å². The molecule has 0 rings (SSSR count). The molecule has 0 aliphatic carbocycles. The van der Waals surface area contributed by atoms with Crippen LogP contribution in [0.15, 0.2) is 0 Å². The van der Waals surface area contributed by atoms with Crippen molar-refractivity contribution >= 4 is 8.41 Å². The summed E-state index contributed by atoms with van der Waals surface area (Å²) in [6.07, 6.45) is 0. The summed E-state index contributed by atoms with van der Waals surface area (Å²) in [5.74, 6) is 0. The molecule has 4 heteroatoms. The van der Waals surface area contributed by atoms with Crippen molar-refractivity contribution in [3.63, 3.8) is 0 Å². The lowest BCUT2D eigenvalue weighted by Gasteiger charge is -2.35. The molecule has 0 fully saturated rings. The van der Waals surface area contributed by atoms with Gasteiger partial charge in [0, 0.05) is 41.3 Å². The highest BCUT2D eigenvalue weighted by Gasteiger charge is 2.19. The summed E-state index contributed by atoms with van der Waals surface area (Å²) in [6.45, 7) is 10.1. The first kappa shape index (κ1) is 16.4. The average molecular weight is 200 g/mol. The fourth-order valence-corrected chi connectivity index (χ4v) is 1.19. The second-order valence-corrected chi connectivity index (χ2v) is 4.14. The van der Waals surface area contributed by atoms with Crippen LogP contribution in [-0.4, -0.2) is 59.4 Å². The van der Waals surface area contributed by atoms with Crippen molar-refractivity contribution in [1.82, 2.24) is 4.90 Å². The molecule has 0 bridgehead atoms. The Bertz CT molecular complexity index is 118. The van der Waals surface area contributed by atoms with E-state index < -0.39 is 0 Å². The van der Waals surface area contributed by atoms with E-state index in [0.717, 1.165) is 26.3 Å². The van der Waals surface area contributed by atoms with Gasteiger partial charge in [-0.2, -0.15) is 0 Å². The lowest BCUT2D eigenvalue weighted by molar-refractivity contribution is 0.0597. The van der Waals surface area contributed by atoms with Crippen molar-refractivity contribution in [3.8, 4) is 0 Å². The monoisotopic (exact) mass is 200 g/mol. The fourth-order valence-electron chi connectivity index (χ4n) is 1.19. The first-order chi connectivity index (χ1) is 6.02. The molecular formula is C10H23BNO2. The van der Waals surface area contributed by atoms with Crippen LogP contribution in [0, 0.1) is 0 Å². The minimum atomic E-state index is 0. The van der Waals surface area contributed by atoms with E-state index in [4.69, 9.17) is 9.47 Å². The Balaban J connectivity index is 0. The second kappa shape index (κ2) is 8.27. The van der Waals surface area contributed by atoms with E-state index in [0.29, 0.717) is 0 Å². The highest BCUT2D eigenvalue weighted by molar-refractivity contribution is 5.75. The van der Waals surface area contributed by atoms with Crippen molar-refractivity contribution < 1.29 is 9.47 Å². The van der Waals surface area contributed by atoms with Gasteiger partial charge in [0.2, 0.25) is 0 Å². The van der Waals surface area contributed by atoms with Crippen LogP contribution in [0.2, 0.25) is 0 Å². The molecule has 0 atom stereocenters. The van der Waals surface area contributed by atoms with Crippen LogP contribution in [-0.2, 0) is 9.47 Å². The Morgan fingerprint density at radius 1 is 0.929 bits per heavy atom. The van der Waals surface area contributed by atoms with E-state index >= 15 is 0 Å². The fraction of sp³-hybridized carbons (Fsp3) is 1.00. The van der Waals surface area contributed by atoms with Crippen LogP contribution in [0.3, 0.4) is 0 Å². The molecule has 0 heterocycles. The molecule has 0 spiro atoms. The maximum Gasteiger partial charge on any atom is 0.0589 e. The van der Waals surface area contributed by atoms with E-state index in [1.165, 1.54) is 0 Å². The van der Waals surface area contributed by atoms with Gasteiger partial charge in [0.15, 0.2) is 0 Å². The second-order valence-electron chi connectivity index (χ2n) is 4.14. The van der Waals surface area contributed by atoms with E-state index in [9.17, 15) is 0 Å². The molecule has 0 aromatic carbocycles. The summed E-state index contributed by atoms with van der Waals surface area (Å²) in [4.78, 5) is 2.36. The van der Waals surface area contributed by atoms with Crippen LogP contribution in [0.25, 0.3) is 0 Å². The van der Waals surface area contributed by atoms with Crippen LogP contribution >= 0.6 is 0 Å². The summed E-state index contributed by atoms with van der Waals surface area (Å²) in [5.41, 5.74) is 0.192. The summed E-state index contributed by atoms with van der Waals surface area (Å²) >= 11 is 0. The normalized spacial score (nSPS) is 11.6. The molecule has 0 aromatic heterocycles. The smallest absolute Gasteiger partial charge is 0.0589 e. The Labute approximate surface area is 90.3 Å². The summed E-state index contributed by atoms with van der Waals surface area (Å²) in [7, 11) is 3.47. The average Bonchev–Trinajstić information content (AvgIpc) is 2.02. The largest absolute Gasteiger partial charge is 0.383 e. The molecule has 0 N–H and O–H groups in total. The van der Waals surface area contributed by atoms with Gasteiger partial charge in [0.1, 0.15) is 0 Å². The Morgan fingerprint density at radius 2 is 1.29 bits per heavy atom. The third-order valence-corrected chi connectivity index (χ3v) is 2.08. The van der Waals surface area contributed by atoms with Crippen LogP contribution in [0.4, 0.5) is 0 Å². The number of methoxy groups -OCH3 is 2. The minimum Gasteiger partial charge on any atom is -0.383 e. The van der Waals surface area contributed by atoms with Gasteiger partial charge in [-0.05, 0) is 20.8 Å². The predicted octanol–water partition coefficient (Wildman–Crippen LogP) is 0.999. The first-order valence-corrected chi connectivity index (χ1v) is 4.75. The van der Waals surface area contributed by atoms with Gasteiger partial charge in [-0.1, -0.05) is 0 Å². The molecule has 0 aliphatic rings. The van der Waals surface area contributed by atoms with Crippen molar-refractivity contribution in [3.05, 3.63) is 0 Å². The molecule has 0 aliphatic heterocycles. The molecule has 3 nitrogen and oxygen atoms in total. The molecule has 0 unspecified atom stereocenters. The molecule has 0 saturated carbocycles. The zero-order valence-corrected chi connectivity index (χ0v) is 10.2. The maximum atomic E-state index is 5.06. The highest BCUT2D eigenvalue weighted by atomic mass is 16.5. The number of hydrogen-bond acceptors (Lipinski definition) is 3. The summed E-state index contributed by atoms with van der Waals surface area (Å²) in [6, 6.07) is 0. The number of nitrogens with zero attached hydrogens (tertiary/aromatic N) is 1. The standard InChI is InChI=1S/C10H23NO2.B/c1-10(2,3)11(6-8-12-4)7-9-13-5;/h6-9H2,1-5H3;. The SMILES string of the molecule is COCCN(CCOC)C(C)(C)C.[B]. The minimum absolute atomic E-state index is 0. The third kappa shape index (κ3) is 7.36. The van der Waals surface area contributed by atoms with Gasteiger partial charge in [-0.3, -0.25) is 4.90 Å². The predicted molar refractivity (Wildman–Crippen MR) is 60.8 cm³/mol. The zero-order chi connectivity index (χ0) is 10.3. The van der Waals surface area contributed by atoms with E-state index in [1.807, 2.05) is 0 Å². The summed E-state index contributed by atoms with van der Waals surface area (Å²) < 4.78 is 10.1. The van der Waals surface area contributed by atoms with Crippen molar-refractivity contribution in [1.29, 1.82) is 0 Å². The van der Waals surface area contributed by atoms with E-state index in [-0.39, 0.29) is 14.0 Å². The summed E-state index contributed by atoms with van der Waals surface area (Å²) in [5, 5.41) is 0. The van der Waals surface area contributed by atoms with Gasteiger partial charge >= 0.3 is 0 Å². The molecule has 14 heavy (non-hydrogen) atoms. The lowest BCUT2D eigenvalue weighted by Crippen LogP contribution is -2.44. The van der Waals surface area contributed by atoms with Crippen LogP contribution in [0.5, 0.6) is 0 Å². The Hall–Kier alpha value is -0.0551. The van der Waals surface area contributed by atoms with E-state index in [2.05, 4.69) is 25.7 Å². The molecule has 0 amide bonds. The molecular weight excluding hydrogens is 177 g/mol. The maximum absolute atomic E-state index is 5.06. The topological polar surface area (TPSA) is 21.7 Å². The quantitative estimate of drug-likeness (QED) is 0.597. The molecule has 0 aromatic rings. The van der Waals surface area contributed by atoms with Crippen LogP contribution < -0.4 is 0 Å². The van der Waals surface area contributed by atoms with Crippen molar-refractivity contribution in [2.24, 2.45) is 0 Å². The molecule has 3 radical (unpaired) electrons. The van der Waals surface area contributed by atoms with Crippen LogP contribution in [0.1, 0.15) is 20.8 Å². The lowest BCUT2D eigenvalue weighted by atomic mass is 10.1. The first-order valence-electron chi connectivity index (χ1n) is 4.75. The van der Waals surface area contributed by atoms with Gasteiger partial charge < -0.3 is 9.47 Å².